The summed E-state index contributed by atoms with van der Waals surface area (Å²) in [6.45, 7) is 9.41. The number of hydrogen-bond donors (Lipinski definition) is 0. The van der Waals surface area contributed by atoms with E-state index in [-0.39, 0.29) is 18.1 Å². The second-order valence-electron chi connectivity index (χ2n) is 7.57. The Morgan fingerprint density at radius 2 is 2.07 bits per heavy atom. The average Bonchev–Trinajstić information content (AvgIpc) is 3.14. The maximum absolute atomic E-state index is 13.4. The molecule has 1 unspecified atom stereocenters. The predicted molar refractivity (Wildman–Crippen MR) is 111 cm³/mol. The van der Waals surface area contributed by atoms with Crippen LogP contribution in [0.25, 0.3) is 11.0 Å². The topological polar surface area (TPSA) is 69.5 Å². The van der Waals surface area contributed by atoms with Gasteiger partial charge in [0.25, 0.3) is 5.91 Å². The van der Waals surface area contributed by atoms with Crippen LogP contribution in [0.5, 0.6) is 11.5 Å². The van der Waals surface area contributed by atoms with E-state index < -0.39 is 0 Å². The number of pyridine rings is 1. The molecule has 7 nitrogen and oxygen atoms in total. The smallest absolute Gasteiger partial charge is 0.254 e. The first kappa shape index (κ1) is 19.2. The summed E-state index contributed by atoms with van der Waals surface area (Å²) >= 11 is 0. The first-order valence-corrected chi connectivity index (χ1v) is 10.0. The molecule has 4 rings (SSSR count). The molecule has 0 aliphatic carbocycles. The van der Waals surface area contributed by atoms with Gasteiger partial charge >= 0.3 is 0 Å². The minimum atomic E-state index is -0.217. The van der Waals surface area contributed by atoms with E-state index in [4.69, 9.17) is 9.47 Å². The third-order valence-electron chi connectivity index (χ3n) is 5.07. The number of aryl methyl sites for hydroxylation is 1. The zero-order valence-corrected chi connectivity index (χ0v) is 17.3. The fourth-order valence-corrected chi connectivity index (χ4v) is 3.62. The molecule has 3 aromatic rings. The fourth-order valence-electron chi connectivity index (χ4n) is 3.62. The van der Waals surface area contributed by atoms with Crippen LogP contribution in [0, 0.1) is 6.92 Å². The highest BCUT2D eigenvalue weighted by atomic mass is 16.6. The molecule has 1 atom stereocenters. The monoisotopic (exact) mass is 394 g/mol. The van der Waals surface area contributed by atoms with Crippen molar-refractivity contribution in [2.45, 2.75) is 39.8 Å². The highest BCUT2D eigenvalue weighted by molar-refractivity contribution is 6.05. The van der Waals surface area contributed by atoms with Gasteiger partial charge in [0.2, 0.25) is 0 Å². The molecule has 0 bridgehead atoms. The summed E-state index contributed by atoms with van der Waals surface area (Å²) in [4.78, 5) is 19.8. The van der Waals surface area contributed by atoms with Crippen molar-refractivity contribution in [2.75, 3.05) is 19.7 Å². The van der Waals surface area contributed by atoms with Gasteiger partial charge in [0.1, 0.15) is 6.61 Å². The maximum atomic E-state index is 13.4. The number of benzene rings is 1. The van der Waals surface area contributed by atoms with E-state index in [1.165, 1.54) is 0 Å². The van der Waals surface area contributed by atoms with Gasteiger partial charge in [0, 0.05) is 18.3 Å². The van der Waals surface area contributed by atoms with Gasteiger partial charge in [-0.05, 0) is 45.9 Å². The molecule has 0 radical (unpaired) electrons. The Kier molecular flexibility index (Phi) is 5.13. The van der Waals surface area contributed by atoms with Crippen LogP contribution in [0.2, 0.25) is 0 Å². The minimum Gasteiger partial charge on any atom is -0.486 e. The number of rotatable bonds is 5. The highest BCUT2D eigenvalue weighted by Gasteiger charge is 2.27. The van der Waals surface area contributed by atoms with Crippen LogP contribution < -0.4 is 9.47 Å². The second kappa shape index (κ2) is 7.73. The van der Waals surface area contributed by atoms with Crippen molar-refractivity contribution in [1.82, 2.24) is 19.7 Å². The maximum Gasteiger partial charge on any atom is 0.254 e. The lowest BCUT2D eigenvalue weighted by Gasteiger charge is -2.31. The van der Waals surface area contributed by atoms with Crippen molar-refractivity contribution in [2.24, 2.45) is 0 Å². The zero-order chi connectivity index (χ0) is 20.5. The van der Waals surface area contributed by atoms with E-state index in [0.717, 1.165) is 22.5 Å². The summed E-state index contributed by atoms with van der Waals surface area (Å²) in [6, 6.07) is 9.61. The number of fused-ring (bicyclic) bond motifs is 2. The summed E-state index contributed by atoms with van der Waals surface area (Å²) in [5, 5.41) is 5.22. The molecular weight excluding hydrogens is 368 g/mol. The number of carbonyl (C=O) groups excluding carboxylic acids is 1. The Bertz CT molecular complexity index is 1040. The molecule has 0 N–H and O–H groups in total. The lowest BCUT2D eigenvalue weighted by Crippen LogP contribution is -2.43. The molecular formula is C22H26N4O3. The predicted octanol–water partition coefficient (Wildman–Crippen LogP) is 3.62. The standard InChI is InChI=1S/C22H26N4O3/c1-5-25(12-16-13-28-19-8-6-7-9-20(19)29-16)22(27)17-10-15(4)24-21-18(17)11-23-26(21)14(2)3/h6-11,14,16H,5,12-13H2,1-4H3. The van der Waals surface area contributed by atoms with Crippen molar-refractivity contribution >= 4 is 16.9 Å². The number of amides is 1. The lowest BCUT2D eigenvalue weighted by atomic mass is 10.1. The average molecular weight is 394 g/mol. The zero-order valence-electron chi connectivity index (χ0n) is 17.3. The first-order chi connectivity index (χ1) is 14.0. The minimum absolute atomic E-state index is 0.0474. The number of para-hydroxylation sites is 2. The van der Waals surface area contributed by atoms with E-state index in [0.29, 0.717) is 31.0 Å². The molecule has 29 heavy (non-hydrogen) atoms. The molecule has 2 aromatic heterocycles. The van der Waals surface area contributed by atoms with Crippen molar-refractivity contribution < 1.29 is 14.3 Å². The number of nitrogens with zero attached hydrogens (tertiary/aromatic N) is 4. The highest BCUT2D eigenvalue weighted by Crippen LogP contribution is 2.31. The van der Waals surface area contributed by atoms with Crippen LogP contribution in [-0.4, -0.2) is 51.4 Å². The number of likely N-dealkylation sites (N-methyl/N-ethyl adjacent to an activating group) is 1. The number of carbonyl (C=O) groups is 1. The second-order valence-corrected chi connectivity index (χ2v) is 7.57. The molecule has 3 heterocycles. The Balaban J connectivity index is 1.60. The third kappa shape index (κ3) is 3.64. The summed E-state index contributed by atoms with van der Waals surface area (Å²) < 4.78 is 13.7. The summed E-state index contributed by atoms with van der Waals surface area (Å²) in [6.07, 6.45) is 1.52. The Hall–Kier alpha value is -3.09. The van der Waals surface area contributed by atoms with E-state index in [9.17, 15) is 4.79 Å². The van der Waals surface area contributed by atoms with Crippen LogP contribution in [-0.2, 0) is 0 Å². The quantitative estimate of drug-likeness (QED) is 0.661. The van der Waals surface area contributed by atoms with Gasteiger partial charge < -0.3 is 14.4 Å². The van der Waals surface area contributed by atoms with Crippen LogP contribution in [0.4, 0.5) is 0 Å². The van der Waals surface area contributed by atoms with Gasteiger partial charge in [-0.2, -0.15) is 5.10 Å². The van der Waals surface area contributed by atoms with Crippen LogP contribution in [0.3, 0.4) is 0 Å². The lowest BCUT2D eigenvalue weighted by molar-refractivity contribution is 0.0476. The van der Waals surface area contributed by atoms with Gasteiger partial charge in [-0.1, -0.05) is 12.1 Å². The molecule has 0 spiro atoms. The largest absolute Gasteiger partial charge is 0.486 e. The molecule has 1 aromatic carbocycles. The van der Waals surface area contributed by atoms with E-state index in [1.54, 1.807) is 11.1 Å². The molecule has 0 fully saturated rings. The van der Waals surface area contributed by atoms with Gasteiger partial charge in [-0.15, -0.1) is 0 Å². The first-order valence-electron chi connectivity index (χ1n) is 10.0. The van der Waals surface area contributed by atoms with E-state index in [2.05, 4.69) is 23.9 Å². The molecule has 152 valence electrons. The normalized spacial score (nSPS) is 15.7. The van der Waals surface area contributed by atoms with Crippen molar-refractivity contribution in [3.8, 4) is 11.5 Å². The Morgan fingerprint density at radius 1 is 1.31 bits per heavy atom. The molecule has 0 saturated heterocycles. The van der Waals surface area contributed by atoms with Crippen molar-refractivity contribution in [1.29, 1.82) is 0 Å². The van der Waals surface area contributed by atoms with E-state index >= 15 is 0 Å². The van der Waals surface area contributed by atoms with Gasteiger partial charge in [0.15, 0.2) is 23.3 Å². The summed E-state index contributed by atoms with van der Waals surface area (Å²) in [5.41, 5.74) is 2.16. The van der Waals surface area contributed by atoms with Gasteiger partial charge in [-0.3, -0.25) is 4.79 Å². The SMILES string of the molecule is CCN(CC1COc2ccccc2O1)C(=O)c1cc(C)nc2c1cnn2C(C)C. The van der Waals surface area contributed by atoms with Crippen molar-refractivity contribution in [3.05, 3.63) is 47.8 Å². The Labute approximate surface area is 170 Å². The van der Waals surface area contributed by atoms with Crippen LogP contribution in [0.1, 0.15) is 42.9 Å². The number of hydrogen-bond acceptors (Lipinski definition) is 5. The molecule has 1 amide bonds. The molecule has 0 saturated carbocycles. The summed E-state index contributed by atoms with van der Waals surface area (Å²) in [7, 11) is 0. The molecule has 1 aliphatic rings. The molecule has 7 heteroatoms. The third-order valence-corrected chi connectivity index (χ3v) is 5.07. The van der Waals surface area contributed by atoms with Crippen molar-refractivity contribution in [3.63, 3.8) is 0 Å². The van der Waals surface area contributed by atoms with Crippen LogP contribution in [0.15, 0.2) is 36.5 Å². The fraction of sp³-hybridized carbons (Fsp3) is 0.409. The van der Waals surface area contributed by atoms with Gasteiger partial charge in [-0.25, -0.2) is 9.67 Å². The number of ether oxygens (including phenoxy) is 2. The van der Waals surface area contributed by atoms with Crippen LogP contribution >= 0.6 is 0 Å². The van der Waals surface area contributed by atoms with Gasteiger partial charge in [0.05, 0.1) is 23.7 Å². The summed E-state index contributed by atoms with van der Waals surface area (Å²) in [5.74, 6) is 1.41. The van der Waals surface area contributed by atoms with E-state index in [1.807, 2.05) is 48.9 Å². The Morgan fingerprint density at radius 3 is 2.79 bits per heavy atom. The number of aromatic nitrogens is 3. The molecule has 1 aliphatic heterocycles.